The molecule has 4 nitrogen and oxygen atoms in total. The molecule has 0 atom stereocenters. The van der Waals surface area contributed by atoms with E-state index in [4.69, 9.17) is 15.2 Å². The second-order valence-electron chi connectivity index (χ2n) is 2.87. The van der Waals surface area contributed by atoms with Gasteiger partial charge in [-0.25, -0.2) is 0 Å². The van der Waals surface area contributed by atoms with Crippen molar-refractivity contribution < 1.29 is 9.47 Å². The Morgan fingerprint density at radius 2 is 2.15 bits per heavy atom. The highest BCUT2D eigenvalue weighted by atomic mass is 16.7. The van der Waals surface area contributed by atoms with E-state index in [1.165, 1.54) is 0 Å². The van der Waals surface area contributed by atoms with Crippen LogP contribution in [0.15, 0.2) is 18.3 Å². The lowest BCUT2D eigenvalue weighted by Crippen LogP contribution is -2.03. The maximum atomic E-state index is 5.45. The second kappa shape index (κ2) is 3.83. The summed E-state index contributed by atoms with van der Waals surface area (Å²) in [4.78, 5) is 4.20. The summed E-state index contributed by atoms with van der Waals surface area (Å²) >= 11 is 0. The standard InChI is InChI=1S/C9H12N2O2/c10-5-7-1-2-8(11-6-7)9-12-3-4-13-9/h1-2,6,9H,3-5,10H2. The third-order valence-electron chi connectivity index (χ3n) is 1.95. The minimum atomic E-state index is -0.285. The largest absolute Gasteiger partial charge is 0.345 e. The molecule has 0 bridgehead atoms. The maximum Gasteiger partial charge on any atom is 0.201 e. The first-order valence-electron chi connectivity index (χ1n) is 4.28. The molecule has 4 heteroatoms. The molecule has 0 radical (unpaired) electrons. The van der Waals surface area contributed by atoms with Crippen LogP contribution in [0.2, 0.25) is 0 Å². The Kier molecular flexibility index (Phi) is 2.54. The Balaban J connectivity index is 2.12. The summed E-state index contributed by atoms with van der Waals surface area (Å²) in [5.74, 6) is 0. The van der Waals surface area contributed by atoms with Gasteiger partial charge < -0.3 is 15.2 Å². The van der Waals surface area contributed by atoms with E-state index in [2.05, 4.69) is 4.98 Å². The van der Waals surface area contributed by atoms with E-state index in [0.717, 1.165) is 11.3 Å². The van der Waals surface area contributed by atoms with Gasteiger partial charge in [0.05, 0.1) is 18.9 Å². The Labute approximate surface area is 76.7 Å². The van der Waals surface area contributed by atoms with Gasteiger partial charge in [0.15, 0.2) is 0 Å². The van der Waals surface area contributed by atoms with Crippen LogP contribution in [0.5, 0.6) is 0 Å². The predicted octanol–water partition coefficient (Wildman–Crippen LogP) is 0.586. The molecule has 0 aromatic carbocycles. The summed E-state index contributed by atoms with van der Waals surface area (Å²) in [6.45, 7) is 1.80. The van der Waals surface area contributed by atoms with E-state index in [1.54, 1.807) is 6.20 Å². The number of ether oxygens (including phenoxy) is 2. The van der Waals surface area contributed by atoms with Crippen LogP contribution in [-0.2, 0) is 16.0 Å². The van der Waals surface area contributed by atoms with Crippen molar-refractivity contribution >= 4 is 0 Å². The van der Waals surface area contributed by atoms with Crippen LogP contribution < -0.4 is 5.73 Å². The summed E-state index contributed by atoms with van der Waals surface area (Å²) < 4.78 is 10.6. The summed E-state index contributed by atoms with van der Waals surface area (Å²) in [6, 6.07) is 3.82. The molecule has 13 heavy (non-hydrogen) atoms. The van der Waals surface area contributed by atoms with E-state index in [0.29, 0.717) is 19.8 Å². The van der Waals surface area contributed by atoms with Crippen LogP contribution in [0.3, 0.4) is 0 Å². The number of rotatable bonds is 2. The average Bonchev–Trinajstić information content (AvgIpc) is 2.71. The average molecular weight is 180 g/mol. The molecular formula is C9H12N2O2. The van der Waals surface area contributed by atoms with Gasteiger partial charge in [0.1, 0.15) is 0 Å². The van der Waals surface area contributed by atoms with Gasteiger partial charge in [-0.3, -0.25) is 4.98 Å². The highest BCUT2D eigenvalue weighted by molar-refractivity contribution is 5.14. The molecule has 1 saturated heterocycles. The molecule has 1 aliphatic rings. The number of nitrogens with two attached hydrogens (primary N) is 1. The Morgan fingerprint density at radius 3 is 2.69 bits per heavy atom. The minimum Gasteiger partial charge on any atom is -0.345 e. The van der Waals surface area contributed by atoms with Crippen LogP contribution >= 0.6 is 0 Å². The maximum absolute atomic E-state index is 5.45. The zero-order valence-electron chi connectivity index (χ0n) is 7.27. The first-order valence-corrected chi connectivity index (χ1v) is 4.28. The second-order valence-corrected chi connectivity index (χ2v) is 2.87. The Morgan fingerprint density at radius 1 is 1.38 bits per heavy atom. The van der Waals surface area contributed by atoms with E-state index < -0.39 is 0 Å². The molecule has 1 fully saturated rings. The lowest BCUT2D eigenvalue weighted by atomic mass is 10.2. The number of hydrogen-bond donors (Lipinski definition) is 1. The van der Waals surface area contributed by atoms with E-state index in [-0.39, 0.29) is 6.29 Å². The van der Waals surface area contributed by atoms with Gasteiger partial charge in [0, 0.05) is 12.7 Å². The lowest BCUT2D eigenvalue weighted by Gasteiger charge is -2.07. The molecule has 70 valence electrons. The molecule has 0 aliphatic carbocycles. The van der Waals surface area contributed by atoms with Crippen LogP contribution in [0.1, 0.15) is 17.5 Å². The van der Waals surface area contributed by atoms with Crippen molar-refractivity contribution in [2.75, 3.05) is 13.2 Å². The van der Waals surface area contributed by atoms with Crippen molar-refractivity contribution in [2.24, 2.45) is 5.73 Å². The molecule has 2 rings (SSSR count). The fraction of sp³-hybridized carbons (Fsp3) is 0.444. The van der Waals surface area contributed by atoms with Gasteiger partial charge >= 0.3 is 0 Å². The van der Waals surface area contributed by atoms with Crippen molar-refractivity contribution in [2.45, 2.75) is 12.8 Å². The summed E-state index contributed by atoms with van der Waals surface area (Å²) in [5, 5.41) is 0. The topological polar surface area (TPSA) is 57.4 Å². The quantitative estimate of drug-likeness (QED) is 0.723. The Bertz CT molecular complexity index is 267. The molecule has 1 aromatic heterocycles. The zero-order chi connectivity index (χ0) is 9.10. The van der Waals surface area contributed by atoms with Gasteiger partial charge in [-0.05, 0) is 11.6 Å². The molecule has 0 spiro atoms. The molecule has 0 saturated carbocycles. The van der Waals surface area contributed by atoms with Gasteiger partial charge in [-0.1, -0.05) is 6.07 Å². The molecule has 0 amide bonds. The zero-order valence-corrected chi connectivity index (χ0v) is 7.27. The fourth-order valence-corrected chi connectivity index (χ4v) is 1.23. The van der Waals surface area contributed by atoms with Crippen LogP contribution in [-0.4, -0.2) is 18.2 Å². The van der Waals surface area contributed by atoms with Crippen molar-refractivity contribution in [1.82, 2.24) is 4.98 Å². The Hall–Kier alpha value is -0.970. The molecule has 1 aromatic rings. The highest BCUT2D eigenvalue weighted by Crippen LogP contribution is 2.20. The summed E-state index contributed by atoms with van der Waals surface area (Å²) in [7, 11) is 0. The number of aromatic nitrogens is 1. The SMILES string of the molecule is NCc1ccc(C2OCCO2)nc1. The fourth-order valence-electron chi connectivity index (χ4n) is 1.23. The van der Waals surface area contributed by atoms with Crippen molar-refractivity contribution in [3.8, 4) is 0 Å². The molecule has 1 aliphatic heterocycles. The number of pyridine rings is 1. The monoisotopic (exact) mass is 180 g/mol. The third-order valence-corrected chi connectivity index (χ3v) is 1.95. The first kappa shape index (κ1) is 8.62. The van der Waals surface area contributed by atoms with Gasteiger partial charge in [-0.2, -0.15) is 0 Å². The molecule has 2 heterocycles. The van der Waals surface area contributed by atoms with Gasteiger partial charge in [0.2, 0.25) is 6.29 Å². The first-order chi connectivity index (χ1) is 6.40. The summed E-state index contributed by atoms with van der Waals surface area (Å²) in [5.41, 5.74) is 7.28. The van der Waals surface area contributed by atoms with Crippen LogP contribution in [0.25, 0.3) is 0 Å². The van der Waals surface area contributed by atoms with Gasteiger partial charge in [0.25, 0.3) is 0 Å². The molecule has 2 N–H and O–H groups in total. The van der Waals surface area contributed by atoms with E-state index >= 15 is 0 Å². The molecule has 0 unspecified atom stereocenters. The van der Waals surface area contributed by atoms with Crippen molar-refractivity contribution in [3.05, 3.63) is 29.6 Å². The smallest absolute Gasteiger partial charge is 0.201 e. The predicted molar refractivity (Wildman–Crippen MR) is 46.8 cm³/mol. The minimum absolute atomic E-state index is 0.285. The number of hydrogen-bond acceptors (Lipinski definition) is 4. The van der Waals surface area contributed by atoms with E-state index in [9.17, 15) is 0 Å². The van der Waals surface area contributed by atoms with Crippen molar-refractivity contribution in [3.63, 3.8) is 0 Å². The summed E-state index contributed by atoms with van der Waals surface area (Å²) in [6.07, 6.45) is 1.47. The van der Waals surface area contributed by atoms with Gasteiger partial charge in [-0.15, -0.1) is 0 Å². The number of nitrogens with zero attached hydrogens (tertiary/aromatic N) is 1. The van der Waals surface area contributed by atoms with E-state index in [1.807, 2.05) is 12.1 Å². The van der Waals surface area contributed by atoms with Crippen LogP contribution in [0.4, 0.5) is 0 Å². The normalized spacial score (nSPS) is 17.9. The van der Waals surface area contributed by atoms with Crippen LogP contribution in [0, 0.1) is 0 Å². The molecular weight excluding hydrogens is 168 g/mol. The third kappa shape index (κ3) is 1.85. The lowest BCUT2D eigenvalue weighted by molar-refractivity contribution is -0.0473. The van der Waals surface area contributed by atoms with Crippen molar-refractivity contribution in [1.29, 1.82) is 0 Å². The highest BCUT2D eigenvalue weighted by Gasteiger charge is 2.18.